The molecule has 0 radical (unpaired) electrons. The van der Waals surface area contributed by atoms with E-state index in [9.17, 15) is 17.6 Å². The fourth-order valence-corrected chi connectivity index (χ4v) is 1.75. The molecular weight excluding hydrogens is 302 g/mol. The molecule has 4 nitrogen and oxygen atoms in total. The molecule has 0 saturated heterocycles. The van der Waals surface area contributed by atoms with Crippen LogP contribution in [0.15, 0.2) is 41.7 Å². The molecule has 8 heteroatoms. The van der Waals surface area contributed by atoms with E-state index >= 15 is 0 Å². The number of hydrogen-bond acceptors (Lipinski definition) is 4. The van der Waals surface area contributed by atoms with Crippen LogP contribution in [0.5, 0.6) is 0 Å². The van der Waals surface area contributed by atoms with Crippen molar-refractivity contribution < 1.29 is 22.8 Å². The molecule has 2 aromatic rings. The summed E-state index contributed by atoms with van der Waals surface area (Å²) < 4.78 is 51.7. The first-order valence-corrected chi connectivity index (χ1v) is 6.10. The lowest BCUT2D eigenvalue weighted by Gasteiger charge is -2.14. The van der Waals surface area contributed by atoms with Gasteiger partial charge in [-0.3, -0.25) is 4.98 Å². The minimum atomic E-state index is -4.68. The summed E-state index contributed by atoms with van der Waals surface area (Å²) in [6.07, 6.45) is -3.40. The Hall–Kier alpha value is -2.64. The Kier molecular flexibility index (Phi) is 4.30. The Morgan fingerprint density at radius 3 is 2.50 bits per heavy atom. The van der Waals surface area contributed by atoms with E-state index in [-0.39, 0.29) is 17.1 Å². The first-order chi connectivity index (χ1) is 10.3. The molecule has 0 fully saturated rings. The van der Waals surface area contributed by atoms with Gasteiger partial charge in [-0.05, 0) is 37.3 Å². The van der Waals surface area contributed by atoms with Gasteiger partial charge in [-0.15, -0.1) is 0 Å². The van der Waals surface area contributed by atoms with Gasteiger partial charge in [-0.2, -0.15) is 13.2 Å². The number of nitrogens with one attached hydrogen (secondary N) is 1. The number of anilines is 2. The lowest BCUT2D eigenvalue weighted by molar-refractivity contribution is -0.137. The molecule has 0 saturated carbocycles. The molecule has 1 aromatic carbocycles. The summed E-state index contributed by atoms with van der Waals surface area (Å²) in [6.45, 7) is 1.52. The smallest absolute Gasteiger partial charge is 0.411 e. The van der Waals surface area contributed by atoms with Crippen molar-refractivity contribution in [2.75, 3.05) is 5.32 Å². The maximum atomic E-state index is 13.0. The van der Waals surface area contributed by atoms with Gasteiger partial charge < -0.3 is 10.5 Å². The van der Waals surface area contributed by atoms with E-state index in [4.69, 9.17) is 5.21 Å². The lowest BCUT2D eigenvalue weighted by atomic mass is 10.1. The van der Waals surface area contributed by atoms with Gasteiger partial charge in [0.1, 0.15) is 11.5 Å². The largest absolute Gasteiger partial charge is 0.418 e. The second-order valence-electron chi connectivity index (χ2n) is 4.43. The van der Waals surface area contributed by atoms with Crippen molar-refractivity contribution in [2.24, 2.45) is 5.16 Å². The van der Waals surface area contributed by atoms with Gasteiger partial charge in [-0.25, -0.2) is 4.39 Å². The molecule has 0 aliphatic carbocycles. The average Bonchev–Trinajstić information content (AvgIpc) is 2.48. The van der Waals surface area contributed by atoms with Gasteiger partial charge in [0.05, 0.1) is 28.8 Å². The van der Waals surface area contributed by atoms with E-state index in [0.29, 0.717) is 11.8 Å². The van der Waals surface area contributed by atoms with E-state index in [1.165, 1.54) is 25.3 Å². The van der Waals surface area contributed by atoms with Crippen molar-refractivity contribution in [3.63, 3.8) is 0 Å². The fraction of sp³-hybridized carbons (Fsp3) is 0.143. The highest BCUT2D eigenvalue weighted by molar-refractivity contribution is 5.96. The predicted molar refractivity (Wildman–Crippen MR) is 72.9 cm³/mol. The third-order valence-corrected chi connectivity index (χ3v) is 2.85. The van der Waals surface area contributed by atoms with Gasteiger partial charge in [0.25, 0.3) is 0 Å². The monoisotopic (exact) mass is 313 g/mol. The van der Waals surface area contributed by atoms with Gasteiger partial charge in [0.15, 0.2) is 0 Å². The normalized spacial score (nSPS) is 12.3. The Morgan fingerprint density at radius 2 is 1.95 bits per heavy atom. The molecule has 2 rings (SSSR count). The minimum absolute atomic E-state index is 0.268. The maximum absolute atomic E-state index is 13.0. The highest BCUT2D eigenvalue weighted by Gasteiger charge is 2.34. The number of nitrogens with zero attached hydrogens (tertiary/aromatic N) is 2. The number of halogens is 4. The topological polar surface area (TPSA) is 57.5 Å². The minimum Gasteiger partial charge on any atom is -0.411 e. The van der Waals surface area contributed by atoms with Gasteiger partial charge in [-0.1, -0.05) is 5.16 Å². The van der Waals surface area contributed by atoms with Crippen molar-refractivity contribution in [3.8, 4) is 0 Å². The number of oxime groups is 1. The molecule has 0 spiro atoms. The highest BCUT2D eigenvalue weighted by Crippen LogP contribution is 2.36. The molecule has 0 atom stereocenters. The van der Waals surface area contributed by atoms with E-state index in [1.807, 2.05) is 0 Å². The van der Waals surface area contributed by atoms with Crippen LogP contribution in [0.3, 0.4) is 0 Å². The third kappa shape index (κ3) is 3.51. The SMILES string of the molecule is C/C(=N/O)c1ccc(Nc2ccc(F)cc2C(F)(F)F)cn1. The zero-order valence-electron chi connectivity index (χ0n) is 11.3. The van der Waals surface area contributed by atoms with Crippen LogP contribution < -0.4 is 5.32 Å². The first kappa shape index (κ1) is 15.7. The lowest BCUT2D eigenvalue weighted by Crippen LogP contribution is -2.09. The molecule has 0 amide bonds. The van der Waals surface area contributed by atoms with E-state index in [1.54, 1.807) is 0 Å². The van der Waals surface area contributed by atoms with Gasteiger partial charge in [0, 0.05) is 0 Å². The van der Waals surface area contributed by atoms with Crippen molar-refractivity contribution >= 4 is 17.1 Å². The van der Waals surface area contributed by atoms with Crippen LogP contribution >= 0.6 is 0 Å². The highest BCUT2D eigenvalue weighted by atomic mass is 19.4. The van der Waals surface area contributed by atoms with Crippen LogP contribution in [0.1, 0.15) is 18.2 Å². The number of aromatic nitrogens is 1. The zero-order chi connectivity index (χ0) is 16.3. The Morgan fingerprint density at radius 1 is 1.23 bits per heavy atom. The number of benzene rings is 1. The summed E-state index contributed by atoms with van der Waals surface area (Å²) in [5.74, 6) is -0.971. The van der Waals surface area contributed by atoms with Gasteiger partial charge in [0.2, 0.25) is 0 Å². The van der Waals surface area contributed by atoms with Crippen LogP contribution in [0.2, 0.25) is 0 Å². The van der Waals surface area contributed by atoms with Crippen molar-refractivity contribution in [3.05, 3.63) is 53.6 Å². The molecule has 116 valence electrons. The number of rotatable bonds is 3. The molecule has 0 aliphatic heterocycles. The third-order valence-electron chi connectivity index (χ3n) is 2.85. The second kappa shape index (κ2) is 6.00. The van der Waals surface area contributed by atoms with Crippen LogP contribution in [0, 0.1) is 5.82 Å². The summed E-state index contributed by atoms with van der Waals surface area (Å²) in [5.41, 5.74) is -0.459. The van der Waals surface area contributed by atoms with Crippen LogP contribution in [0.4, 0.5) is 28.9 Å². The summed E-state index contributed by atoms with van der Waals surface area (Å²) >= 11 is 0. The second-order valence-corrected chi connectivity index (χ2v) is 4.43. The van der Waals surface area contributed by atoms with Crippen LogP contribution in [0.25, 0.3) is 0 Å². The summed E-state index contributed by atoms with van der Waals surface area (Å²) in [6, 6.07) is 5.32. The molecule has 2 N–H and O–H groups in total. The molecule has 0 bridgehead atoms. The van der Waals surface area contributed by atoms with Crippen molar-refractivity contribution in [1.82, 2.24) is 4.98 Å². The summed E-state index contributed by atoms with van der Waals surface area (Å²) in [5, 5.41) is 14.1. The first-order valence-electron chi connectivity index (χ1n) is 6.10. The fourth-order valence-electron chi connectivity index (χ4n) is 1.75. The summed E-state index contributed by atoms with van der Waals surface area (Å²) in [7, 11) is 0. The van der Waals surface area contributed by atoms with Crippen LogP contribution in [-0.2, 0) is 6.18 Å². The Labute approximate surface area is 123 Å². The van der Waals surface area contributed by atoms with Gasteiger partial charge >= 0.3 is 6.18 Å². The standard InChI is InChI=1S/C14H11F4N3O/c1-8(21-22)12-5-3-10(7-19-12)20-13-4-2-9(15)6-11(13)14(16,17)18/h2-7,20,22H,1H3/b21-8-. The number of hydrogen-bond donors (Lipinski definition) is 2. The zero-order valence-corrected chi connectivity index (χ0v) is 11.3. The van der Waals surface area contributed by atoms with E-state index in [0.717, 1.165) is 12.1 Å². The Balaban J connectivity index is 2.31. The molecule has 0 aliphatic rings. The Bertz CT molecular complexity index is 696. The van der Waals surface area contributed by atoms with E-state index in [2.05, 4.69) is 15.5 Å². The summed E-state index contributed by atoms with van der Waals surface area (Å²) in [4.78, 5) is 3.95. The molecule has 0 unspecified atom stereocenters. The van der Waals surface area contributed by atoms with E-state index < -0.39 is 17.6 Å². The van der Waals surface area contributed by atoms with Crippen molar-refractivity contribution in [2.45, 2.75) is 13.1 Å². The quantitative estimate of drug-likeness (QED) is 0.387. The number of alkyl halides is 3. The molecule has 1 heterocycles. The molecule has 1 aromatic heterocycles. The predicted octanol–water partition coefficient (Wildman–Crippen LogP) is 4.18. The molecular formula is C14H11F4N3O. The number of pyridine rings is 1. The maximum Gasteiger partial charge on any atom is 0.418 e. The van der Waals surface area contributed by atoms with Crippen LogP contribution in [-0.4, -0.2) is 15.9 Å². The molecule has 22 heavy (non-hydrogen) atoms. The average molecular weight is 313 g/mol. The van der Waals surface area contributed by atoms with Crippen molar-refractivity contribution in [1.29, 1.82) is 0 Å².